The van der Waals surface area contributed by atoms with Crippen LogP contribution in [0.3, 0.4) is 0 Å². The standard InChI is InChI=1S/C18H25F3N6OS/c1-12(2)11-27-15(25-26-17(27)29-3)9-6-10-23-16(22)24-13-7-4-5-8-14(13)28-18(19,20)21/h4-5,7-8,12H,6,9-11H2,1-3H3,(H3,22,23,24). The van der Waals surface area contributed by atoms with E-state index in [0.717, 1.165) is 17.5 Å². The van der Waals surface area contributed by atoms with E-state index >= 15 is 0 Å². The molecule has 0 spiro atoms. The molecule has 160 valence electrons. The van der Waals surface area contributed by atoms with E-state index in [9.17, 15) is 13.2 Å². The van der Waals surface area contributed by atoms with Crippen LogP contribution in [0.4, 0.5) is 18.9 Å². The Morgan fingerprint density at radius 3 is 2.69 bits per heavy atom. The number of alkyl halides is 3. The van der Waals surface area contributed by atoms with Gasteiger partial charge in [-0.05, 0) is 30.7 Å². The van der Waals surface area contributed by atoms with Crippen LogP contribution in [0.25, 0.3) is 0 Å². The fourth-order valence-electron chi connectivity index (χ4n) is 2.60. The third-order valence-corrected chi connectivity index (χ3v) is 4.41. The number of ether oxygens (including phenoxy) is 1. The van der Waals surface area contributed by atoms with Gasteiger partial charge in [-0.25, -0.2) is 0 Å². The Hall–Kier alpha value is -2.43. The first-order chi connectivity index (χ1) is 13.7. The molecule has 0 bridgehead atoms. The van der Waals surface area contributed by atoms with Gasteiger partial charge in [-0.15, -0.1) is 23.4 Å². The maximum Gasteiger partial charge on any atom is 0.573 e. The van der Waals surface area contributed by atoms with E-state index in [1.807, 2.05) is 6.26 Å². The summed E-state index contributed by atoms with van der Waals surface area (Å²) in [6.45, 7) is 5.49. The molecule has 2 aromatic rings. The number of aryl methyl sites for hydroxylation is 1. The van der Waals surface area contributed by atoms with E-state index in [1.54, 1.807) is 17.8 Å². The molecule has 0 atom stereocenters. The number of nitrogens with two attached hydrogens (primary N) is 1. The second-order valence-corrected chi connectivity index (χ2v) is 7.42. The number of guanidine groups is 1. The molecule has 0 fully saturated rings. The summed E-state index contributed by atoms with van der Waals surface area (Å²) in [5.41, 5.74) is 5.89. The predicted octanol–water partition coefficient (Wildman–Crippen LogP) is 3.91. The molecule has 0 aliphatic heterocycles. The molecule has 7 nitrogen and oxygen atoms in total. The summed E-state index contributed by atoms with van der Waals surface area (Å²) >= 11 is 1.55. The van der Waals surface area contributed by atoms with Crippen LogP contribution < -0.4 is 15.8 Å². The minimum absolute atomic E-state index is 0.0108. The summed E-state index contributed by atoms with van der Waals surface area (Å²) < 4.78 is 43.5. The lowest BCUT2D eigenvalue weighted by Gasteiger charge is -2.14. The fourth-order valence-corrected chi connectivity index (χ4v) is 3.12. The third-order valence-electron chi connectivity index (χ3n) is 3.74. The molecule has 0 radical (unpaired) electrons. The minimum Gasteiger partial charge on any atom is -0.404 e. The van der Waals surface area contributed by atoms with Crippen LogP contribution in [-0.2, 0) is 13.0 Å². The highest BCUT2D eigenvalue weighted by Gasteiger charge is 2.32. The van der Waals surface area contributed by atoms with Gasteiger partial charge in [0.05, 0.1) is 5.69 Å². The number of nitrogens with one attached hydrogen (secondary N) is 1. The minimum atomic E-state index is -4.79. The van der Waals surface area contributed by atoms with Gasteiger partial charge in [-0.1, -0.05) is 37.7 Å². The fraction of sp³-hybridized carbons (Fsp3) is 0.500. The molecule has 0 saturated carbocycles. The van der Waals surface area contributed by atoms with Crippen molar-refractivity contribution in [3.05, 3.63) is 30.1 Å². The SMILES string of the molecule is CSc1nnc(CCCN=C(N)Nc2ccccc2OC(F)(F)F)n1CC(C)C. The van der Waals surface area contributed by atoms with Gasteiger partial charge in [0.15, 0.2) is 16.9 Å². The van der Waals surface area contributed by atoms with Gasteiger partial charge in [0.25, 0.3) is 0 Å². The van der Waals surface area contributed by atoms with E-state index in [0.29, 0.717) is 25.3 Å². The number of anilines is 1. The molecule has 1 heterocycles. The van der Waals surface area contributed by atoms with Gasteiger partial charge in [0, 0.05) is 19.5 Å². The maximum absolute atomic E-state index is 12.5. The van der Waals surface area contributed by atoms with Crippen molar-refractivity contribution < 1.29 is 17.9 Å². The van der Waals surface area contributed by atoms with Crippen LogP contribution >= 0.6 is 11.8 Å². The number of nitrogens with zero attached hydrogens (tertiary/aromatic N) is 4. The van der Waals surface area contributed by atoms with Crippen LogP contribution in [0, 0.1) is 5.92 Å². The van der Waals surface area contributed by atoms with Crippen molar-refractivity contribution >= 4 is 23.4 Å². The maximum atomic E-state index is 12.5. The average Bonchev–Trinajstić information content (AvgIpc) is 3.00. The predicted molar refractivity (Wildman–Crippen MR) is 108 cm³/mol. The summed E-state index contributed by atoms with van der Waals surface area (Å²) in [4.78, 5) is 4.17. The van der Waals surface area contributed by atoms with Crippen molar-refractivity contribution in [2.75, 3.05) is 18.1 Å². The number of benzene rings is 1. The van der Waals surface area contributed by atoms with Crippen molar-refractivity contribution in [3.63, 3.8) is 0 Å². The van der Waals surface area contributed by atoms with Crippen LogP contribution in [0.2, 0.25) is 0 Å². The smallest absolute Gasteiger partial charge is 0.404 e. The molecule has 1 aromatic heterocycles. The Morgan fingerprint density at radius 1 is 1.31 bits per heavy atom. The largest absolute Gasteiger partial charge is 0.573 e. The lowest BCUT2D eigenvalue weighted by Crippen LogP contribution is -2.24. The zero-order valence-corrected chi connectivity index (χ0v) is 17.3. The normalized spacial score (nSPS) is 12.4. The molecule has 0 aliphatic rings. The van der Waals surface area contributed by atoms with Gasteiger partial charge in [0.1, 0.15) is 5.82 Å². The number of thioether (sulfide) groups is 1. The molecule has 0 saturated heterocycles. The van der Waals surface area contributed by atoms with E-state index < -0.39 is 6.36 Å². The number of aliphatic imine (C=N–C) groups is 1. The summed E-state index contributed by atoms with van der Waals surface area (Å²) in [6.07, 6.45) is -1.48. The van der Waals surface area contributed by atoms with Crippen LogP contribution in [0.15, 0.2) is 34.4 Å². The van der Waals surface area contributed by atoms with E-state index in [-0.39, 0.29) is 17.4 Å². The molecule has 1 aromatic carbocycles. The third kappa shape index (κ3) is 7.48. The molecular formula is C18H25F3N6OS. The first-order valence-electron chi connectivity index (χ1n) is 9.07. The quantitative estimate of drug-likeness (QED) is 0.271. The Labute approximate surface area is 171 Å². The highest BCUT2D eigenvalue weighted by atomic mass is 32.2. The monoisotopic (exact) mass is 430 g/mol. The number of halogens is 3. The van der Waals surface area contributed by atoms with Crippen LogP contribution in [0.1, 0.15) is 26.1 Å². The van der Waals surface area contributed by atoms with Gasteiger partial charge in [-0.2, -0.15) is 0 Å². The van der Waals surface area contributed by atoms with Crippen molar-refractivity contribution in [3.8, 4) is 5.75 Å². The van der Waals surface area contributed by atoms with Gasteiger partial charge >= 0.3 is 6.36 Å². The summed E-state index contributed by atoms with van der Waals surface area (Å²) in [6, 6.07) is 5.65. The highest BCUT2D eigenvalue weighted by molar-refractivity contribution is 7.98. The molecule has 3 N–H and O–H groups in total. The molecule has 0 aliphatic carbocycles. The van der Waals surface area contributed by atoms with Crippen molar-refractivity contribution in [2.45, 2.75) is 44.8 Å². The van der Waals surface area contributed by atoms with E-state index in [1.165, 1.54) is 18.2 Å². The Kier molecular flexibility index (Phi) is 8.18. The van der Waals surface area contributed by atoms with Gasteiger partial charge in [-0.3, -0.25) is 4.99 Å². The molecule has 29 heavy (non-hydrogen) atoms. The number of para-hydroxylation sites is 2. The summed E-state index contributed by atoms with van der Waals surface area (Å²) in [5, 5.41) is 12.0. The molecule has 0 amide bonds. The molecular weight excluding hydrogens is 405 g/mol. The summed E-state index contributed by atoms with van der Waals surface area (Å²) in [7, 11) is 0. The van der Waals surface area contributed by atoms with Crippen LogP contribution in [-0.4, -0.2) is 39.9 Å². The highest BCUT2D eigenvalue weighted by Crippen LogP contribution is 2.29. The Morgan fingerprint density at radius 2 is 2.03 bits per heavy atom. The van der Waals surface area contributed by atoms with Crippen molar-refractivity contribution in [1.82, 2.24) is 14.8 Å². The summed E-state index contributed by atoms with van der Waals surface area (Å²) in [5.74, 6) is 0.988. The number of aromatic nitrogens is 3. The Balaban J connectivity index is 1.93. The van der Waals surface area contributed by atoms with Gasteiger partial charge < -0.3 is 20.4 Å². The van der Waals surface area contributed by atoms with E-state index in [2.05, 4.69) is 43.7 Å². The number of hydrogen-bond donors (Lipinski definition) is 2. The zero-order chi connectivity index (χ0) is 21.4. The zero-order valence-electron chi connectivity index (χ0n) is 16.5. The molecule has 0 unspecified atom stereocenters. The Bertz CT molecular complexity index is 822. The first-order valence-corrected chi connectivity index (χ1v) is 10.3. The first kappa shape index (κ1) is 22.9. The van der Waals surface area contributed by atoms with E-state index in [4.69, 9.17) is 5.73 Å². The lowest BCUT2D eigenvalue weighted by atomic mass is 10.2. The molecule has 11 heteroatoms. The lowest BCUT2D eigenvalue weighted by molar-refractivity contribution is -0.274. The topological polar surface area (TPSA) is 90.3 Å². The van der Waals surface area contributed by atoms with Gasteiger partial charge in [0.2, 0.25) is 0 Å². The van der Waals surface area contributed by atoms with Crippen molar-refractivity contribution in [2.24, 2.45) is 16.6 Å². The number of hydrogen-bond acceptors (Lipinski definition) is 5. The average molecular weight is 431 g/mol. The van der Waals surface area contributed by atoms with Crippen LogP contribution in [0.5, 0.6) is 5.75 Å². The second kappa shape index (κ2) is 10.4. The second-order valence-electron chi connectivity index (χ2n) is 6.65. The molecule has 2 rings (SSSR count). The number of rotatable bonds is 9. The van der Waals surface area contributed by atoms with Crippen molar-refractivity contribution in [1.29, 1.82) is 0 Å².